The van der Waals surface area contributed by atoms with Crippen LogP contribution in [0.25, 0.3) is 0 Å². The van der Waals surface area contributed by atoms with Crippen LogP contribution in [0.2, 0.25) is 0 Å². The minimum atomic E-state index is -0.445. The summed E-state index contributed by atoms with van der Waals surface area (Å²) < 4.78 is 11.6. The van der Waals surface area contributed by atoms with Gasteiger partial charge < -0.3 is 19.3 Å². The second kappa shape index (κ2) is 9.00. The Hall–Kier alpha value is -2.69. The average molecular weight is 383 g/mol. The van der Waals surface area contributed by atoms with Gasteiger partial charge in [-0.3, -0.25) is 4.79 Å². The molecule has 1 amide bonds. The molecular weight excluding hydrogens is 352 g/mol. The van der Waals surface area contributed by atoms with Crippen LogP contribution in [-0.2, 0) is 4.79 Å². The first kappa shape index (κ1) is 20.1. The number of benzene rings is 2. The number of piperazine rings is 1. The molecule has 5 nitrogen and oxygen atoms in total. The highest BCUT2D eigenvalue weighted by Crippen LogP contribution is 2.28. The molecule has 1 atom stereocenters. The Balaban J connectivity index is 1.63. The lowest BCUT2D eigenvalue weighted by Gasteiger charge is -2.37. The molecule has 0 N–H and O–H groups in total. The molecule has 2 aromatic rings. The lowest BCUT2D eigenvalue weighted by atomic mass is 10.1. The molecule has 150 valence electrons. The van der Waals surface area contributed by atoms with E-state index in [-0.39, 0.29) is 5.91 Å². The minimum Gasteiger partial charge on any atom is -0.495 e. The molecule has 1 aliphatic heterocycles. The fourth-order valence-electron chi connectivity index (χ4n) is 3.66. The summed E-state index contributed by atoms with van der Waals surface area (Å²) in [5, 5.41) is 0. The summed E-state index contributed by atoms with van der Waals surface area (Å²) in [4.78, 5) is 17.2. The van der Waals surface area contributed by atoms with Gasteiger partial charge >= 0.3 is 0 Å². The summed E-state index contributed by atoms with van der Waals surface area (Å²) in [7, 11) is 1.69. The molecule has 5 heteroatoms. The number of amides is 1. The molecule has 3 rings (SSSR count). The number of para-hydroxylation sites is 2. The van der Waals surface area contributed by atoms with Gasteiger partial charge in [0.1, 0.15) is 11.5 Å². The fourth-order valence-corrected chi connectivity index (χ4v) is 3.66. The third-order valence-electron chi connectivity index (χ3n) is 5.26. The number of ether oxygens (including phenoxy) is 2. The van der Waals surface area contributed by atoms with Crippen molar-refractivity contribution in [2.24, 2.45) is 0 Å². The summed E-state index contributed by atoms with van der Waals surface area (Å²) in [5.41, 5.74) is 3.33. The molecule has 0 saturated carbocycles. The molecular formula is C23H30N2O3. The van der Waals surface area contributed by atoms with Crippen LogP contribution in [0.3, 0.4) is 0 Å². The number of aryl methyl sites for hydroxylation is 2. The first-order valence-electron chi connectivity index (χ1n) is 9.94. The van der Waals surface area contributed by atoms with Gasteiger partial charge in [-0.15, -0.1) is 0 Å². The van der Waals surface area contributed by atoms with E-state index >= 15 is 0 Å². The van der Waals surface area contributed by atoms with Crippen molar-refractivity contribution in [2.45, 2.75) is 33.3 Å². The van der Waals surface area contributed by atoms with Crippen molar-refractivity contribution in [3.05, 3.63) is 53.6 Å². The maximum absolute atomic E-state index is 13.0. The van der Waals surface area contributed by atoms with Gasteiger partial charge in [0.2, 0.25) is 0 Å². The SMILES string of the molecule is CC[C@H](Oc1ccc(C)cc1C)C(=O)N1CCN(c2ccccc2OC)CC1. The third-order valence-corrected chi connectivity index (χ3v) is 5.26. The van der Waals surface area contributed by atoms with Crippen LogP contribution in [0.15, 0.2) is 42.5 Å². The van der Waals surface area contributed by atoms with E-state index in [1.807, 2.05) is 49.1 Å². The van der Waals surface area contributed by atoms with Crippen molar-refractivity contribution in [3.63, 3.8) is 0 Å². The highest BCUT2D eigenvalue weighted by Gasteiger charge is 2.28. The lowest BCUT2D eigenvalue weighted by Crippen LogP contribution is -2.52. The Labute approximate surface area is 167 Å². The van der Waals surface area contributed by atoms with Gasteiger partial charge in [0, 0.05) is 26.2 Å². The standard InChI is InChI=1S/C23H30N2O3/c1-5-20(28-21-11-10-17(2)16-18(21)3)23(26)25-14-12-24(13-15-25)19-8-6-7-9-22(19)27-4/h6-11,16,20H,5,12-15H2,1-4H3/t20-/m0/s1. The number of carbonyl (C=O) groups is 1. The van der Waals surface area contributed by atoms with Crippen molar-refractivity contribution >= 4 is 11.6 Å². The van der Waals surface area contributed by atoms with Crippen LogP contribution in [-0.4, -0.2) is 50.2 Å². The number of carbonyl (C=O) groups excluding carboxylic acids is 1. The Morgan fingerprint density at radius 3 is 2.39 bits per heavy atom. The van der Waals surface area contributed by atoms with Gasteiger partial charge in [-0.25, -0.2) is 0 Å². The predicted octanol–water partition coefficient (Wildman–Crippen LogP) is 3.82. The van der Waals surface area contributed by atoms with E-state index in [4.69, 9.17) is 9.47 Å². The molecule has 0 radical (unpaired) electrons. The van der Waals surface area contributed by atoms with Gasteiger partial charge in [-0.2, -0.15) is 0 Å². The summed E-state index contributed by atoms with van der Waals surface area (Å²) in [5.74, 6) is 1.73. The Bertz CT molecular complexity index is 813. The first-order chi connectivity index (χ1) is 13.5. The molecule has 1 fully saturated rings. The van der Waals surface area contributed by atoms with Crippen LogP contribution in [0, 0.1) is 13.8 Å². The van der Waals surface area contributed by atoms with Crippen LogP contribution < -0.4 is 14.4 Å². The Morgan fingerprint density at radius 2 is 1.75 bits per heavy atom. The van der Waals surface area contributed by atoms with Gasteiger partial charge in [0.15, 0.2) is 6.10 Å². The summed E-state index contributed by atoms with van der Waals surface area (Å²) >= 11 is 0. The van der Waals surface area contributed by atoms with Crippen molar-refractivity contribution in [3.8, 4) is 11.5 Å². The zero-order chi connectivity index (χ0) is 20.1. The molecule has 0 spiro atoms. The van der Waals surface area contributed by atoms with Gasteiger partial charge in [0.05, 0.1) is 12.8 Å². The first-order valence-corrected chi connectivity index (χ1v) is 9.94. The molecule has 28 heavy (non-hydrogen) atoms. The summed E-state index contributed by atoms with van der Waals surface area (Å²) in [6, 6.07) is 14.1. The zero-order valence-corrected chi connectivity index (χ0v) is 17.3. The number of hydrogen-bond donors (Lipinski definition) is 0. The van der Waals surface area contributed by atoms with E-state index in [9.17, 15) is 4.79 Å². The molecule has 1 saturated heterocycles. The quantitative estimate of drug-likeness (QED) is 0.762. The molecule has 0 aliphatic carbocycles. The molecule has 1 heterocycles. The smallest absolute Gasteiger partial charge is 0.263 e. The Kier molecular flexibility index (Phi) is 6.45. The highest BCUT2D eigenvalue weighted by atomic mass is 16.5. The fraction of sp³-hybridized carbons (Fsp3) is 0.435. The topological polar surface area (TPSA) is 42.0 Å². The number of methoxy groups -OCH3 is 1. The second-order valence-electron chi connectivity index (χ2n) is 7.27. The van der Waals surface area contributed by atoms with Crippen molar-refractivity contribution in [1.29, 1.82) is 0 Å². The van der Waals surface area contributed by atoms with Gasteiger partial charge in [-0.1, -0.05) is 36.8 Å². The van der Waals surface area contributed by atoms with Gasteiger partial charge in [0.25, 0.3) is 5.91 Å². The van der Waals surface area contributed by atoms with E-state index in [0.29, 0.717) is 19.5 Å². The molecule has 0 bridgehead atoms. The summed E-state index contributed by atoms with van der Waals surface area (Å²) in [6.45, 7) is 9.01. The maximum atomic E-state index is 13.0. The van der Waals surface area contributed by atoms with E-state index in [1.165, 1.54) is 5.56 Å². The van der Waals surface area contributed by atoms with Crippen molar-refractivity contribution in [1.82, 2.24) is 4.90 Å². The summed E-state index contributed by atoms with van der Waals surface area (Å²) in [6.07, 6.45) is 0.206. The van der Waals surface area contributed by atoms with E-state index in [2.05, 4.69) is 24.0 Å². The number of rotatable bonds is 6. The largest absolute Gasteiger partial charge is 0.495 e. The lowest BCUT2D eigenvalue weighted by molar-refractivity contribution is -0.139. The normalized spacial score (nSPS) is 15.3. The average Bonchev–Trinajstić information content (AvgIpc) is 2.73. The van der Waals surface area contributed by atoms with Gasteiger partial charge in [-0.05, 0) is 44.0 Å². The number of hydrogen-bond acceptors (Lipinski definition) is 4. The zero-order valence-electron chi connectivity index (χ0n) is 17.3. The number of anilines is 1. The molecule has 0 aromatic heterocycles. The number of nitrogens with zero attached hydrogens (tertiary/aromatic N) is 2. The monoisotopic (exact) mass is 382 g/mol. The molecule has 0 unspecified atom stereocenters. The third kappa shape index (κ3) is 4.41. The van der Waals surface area contributed by atoms with Crippen LogP contribution >= 0.6 is 0 Å². The highest BCUT2D eigenvalue weighted by molar-refractivity contribution is 5.81. The molecule has 1 aliphatic rings. The van der Waals surface area contributed by atoms with E-state index < -0.39 is 6.10 Å². The van der Waals surface area contributed by atoms with Crippen molar-refractivity contribution < 1.29 is 14.3 Å². The van der Waals surface area contributed by atoms with Crippen LogP contribution in [0.5, 0.6) is 11.5 Å². The minimum absolute atomic E-state index is 0.0714. The van der Waals surface area contributed by atoms with Crippen LogP contribution in [0.1, 0.15) is 24.5 Å². The predicted molar refractivity (Wildman–Crippen MR) is 112 cm³/mol. The van der Waals surface area contributed by atoms with E-state index in [0.717, 1.165) is 35.8 Å². The van der Waals surface area contributed by atoms with E-state index in [1.54, 1.807) is 7.11 Å². The van der Waals surface area contributed by atoms with Crippen LogP contribution in [0.4, 0.5) is 5.69 Å². The maximum Gasteiger partial charge on any atom is 0.263 e. The molecule has 2 aromatic carbocycles. The van der Waals surface area contributed by atoms with Crippen molar-refractivity contribution in [2.75, 3.05) is 38.2 Å². The Morgan fingerprint density at radius 1 is 1.04 bits per heavy atom. The second-order valence-corrected chi connectivity index (χ2v) is 7.27.